The molecule has 5 nitrogen and oxygen atoms in total. The Bertz CT molecular complexity index is 836. The summed E-state index contributed by atoms with van der Waals surface area (Å²) in [6.45, 7) is 3.26. The van der Waals surface area contributed by atoms with Gasteiger partial charge in [0, 0.05) is 30.5 Å². The fraction of sp³-hybridized carbons (Fsp3) is 0.364. The molecule has 0 bridgehead atoms. The van der Waals surface area contributed by atoms with Crippen molar-refractivity contribution >= 4 is 23.3 Å². The number of fused-ring (bicyclic) bond motifs is 1. The zero-order valence-electron chi connectivity index (χ0n) is 15.6. The fourth-order valence-corrected chi connectivity index (χ4v) is 4.19. The minimum absolute atomic E-state index is 0.131. The summed E-state index contributed by atoms with van der Waals surface area (Å²) in [4.78, 5) is 29.6. The first-order chi connectivity index (χ1) is 13.1. The van der Waals surface area contributed by atoms with E-state index in [1.807, 2.05) is 53.4 Å². The van der Waals surface area contributed by atoms with Gasteiger partial charge in [-0.05, 0) is 49.9 Å². The van der Waals surface area contributed by atoms with Crippen molar-refractivity contribution in [2.75, 3.05) is 23.3 Å². The van der Waals surface area contributed by atoms with Gasteiger partial charge in [0.05, 0.1) is 5.92 Å². The second-order valence-electron chi connectivity index (χ2n) is 7.47. The highest BCUT2D eigenvalue weighted by atomic mass is 16.2. The molecule has 5 heteroatoms. The summed E-state index contributed by atoms with van der Waals surface area (Å²) in [5.41, 5.74) is 3.03. The van der Waals surface area contributed by atoms with Crippen molar-refractivity contribution in [3.63, 3.8) is 0 Å². The van der Waals surface area contributed by atoms with E-state index in [0.29, 0.717) is 13.1 Å². The summed E-state index contributed by atoms with van der Waals surface area (Å²) < 4.78 is 0. The second kappa shape index (κ2) is 7.43. The lowest BCUT2D eigenvalue weighted by Gasteiger charge is -2.35. The average molecular weight is 363 g/mol. The highest BCUT2D eigenvalue weighted by Gasteiger charge is 2.37. The van der Waals surface area contributed by atoms with E-state index >= 15 is 0 Å². The molecule has 1 N–H and O–H groups in total. The highest BCUT2D eigenvalue weighted by Crippen LogP contribution is 2.34. The van der Waals surface area contributed by atoms with Crippen LogP contribution in [0, 0.1) is 5.92 Å². The zero-order valence-corrected chi connectivity index (χ0v) is 15.6. The quantitative estimate of drug-likeness (QED) is 0.879. The number of rotatable bonds is 2. The second-order valence-corrected chi connectivity index (χ2v) is 7.47. The Morgan fingerprint density at radius 1 is 1.04 bits per heavy atom. The standard InChI is InChI=1S/C22H25N3O2/c1-16-14-17-8-5-6-12-20(17)25(16)21(26)18-9-7-13-24(15-18)22(27)23-19-10-3-2-4-11-19/h2-6,8,10-12,16,18H,7,9,13-15H2,1H3,(H,23,27). The Balaban J connectivity index is 1.45. The lowest BCUT2D eigenvalue weighted by atomic mass is 9.96. The number of nitrogens with zero attached hydrogens (tertiary/aromatic N) is 2. The first kappa shape index (κ1) is 17.6. The number of carbonyl (C=O) groups is 2. The van der Waals surface area contributed by atoms with Crippen LogP contribution in [0.15, 0.2) is 54.6 Å². The molecule has 0 aromatic heterocycles. The van der Waals surface area contributed by atoms with E-state index in [-0.39, 0.29) is 23.9 Å². The fourth-order valence-electron chi connectivity index (χ4n) is 4.19. The Labute approximate surface area is 160 Å². The molecule has 2 aromatic carbocycles. The lowest BCUT2D eigenvalue weighted by molar-refractivity contribution is -0.123. The number of likely N-dealkylation sites (tertiary alicyclic amines) is 1. The number of urea groups is 1. The Kier molecular flexibility index (Phi) is 4.84. The van der Waals surface area contributed by atoms with Crippen molar-refractivity contribution in [2.24, 2.45) is 5.92 Å². The van der Waals surface area contributed by atoms with Gasteiger partial charge in [-0.15, -0.1) is 0 Å². The number of carbonyl (C=O) groups excluding carboxylic acids is 2. The number of para-hydroxylation sites is 2. The summed E-state index contributed by atoms with van der Waals surface area (Å²) in [5, 5.41) is 2.93. The maximum atomic E-state index is 13.3. The molecule has 2 heterocycles. The van der Waals surface area contributed by atoms with Crippen molar-refractivity contribution < 1.29 is 9.59 Å². The molecule has 1 saturated heterocycles. The molecule has 140 valence electrons. The van der Waals surface area contributed by atoms with E-state index in [1.54, 1.807) is 4.90 Å². The predicted octanol–water partition coefficient (Wildman–Crippen LogP) is 3.91. The van der Waals surface area contributed by atoms with Gasteiger partial charge in [-0.2, -0.15) is 0 Å². The molecule has 0 aliphatic carbocycles. The Morgan fingerprint density at radius 2 is 1.78 bits per heavy atom. The van der Waals surface area contributed by atoms with Crippen LogP contribution >= 0.6 is 0 Å². The molecule has 2 unspecified atom stereocenters. The van der Waals surface area contributed by atoms with E-state index in [1.165, 1.54) is 5.56 Å². The van der Waals surface area contributed by atoms with Crippen LogP contribution in [0.25, 0.3) is 0 Å². The van der Waals surface area contributed by atoms with Gasteiger partial charge in [-0.25, -0.2) is 4.79 Å². The summed E-state index contributed by atoms with van der Waals surface area (Å²) in [7, 11) is 0. The molecule has 2 atom stereocenters. The monoisotopic (exact) mass is 363 g/mol. The minimum Gasteiger partial charge on any atom is -0.324 e. The van der Waals surface area contributed by atoms with Crippen LogP contribution in [0.3, 0.4) is 0 Å². The maximum absolute atomic E-state index is 13.3. The molecule has 2 aliphatic heterocycles. The number of hydrogen-bond donors (Lipinski definition) is 1. The molecule has 0 spiro atoms. The van der Waals surface area contributed by atoms with Crippen molar-refractivity contribution in [1.29, 1.82) is 0 Å². The lowest BCUT2D eigenvalue weighted by Crippen LogP contribution is -2.49. The minimum atomic E-state index is -0.145. The van der Waals surface area contributed by atoms with Gasteiger partial charge in [0.1, 0.15) is 0 Å². The summed E-state index contributed by atoms with van der Waals surface area (Å²) in [5.74, 6) is -0.00135. The first-order valence-corrected chi connectivity index (χ1v) is 9.65. The number of hydrogen-bond acceptors (Lipinski definition) is 2. The number of anilines is 2. The molecule has 3 amide bonds. The van der Waals surface area contributed by atoms with Crippen LogP contribution in [-0.2, 0) is 11.2 Å². The third-order valence-electron chi connectivity index (χ3n) is 5.53. The smallest absolute Gasteiger partial charge is 0.321 e. The van der Waals surface area contributed by atoms with Crippen LogP contribution in [0.1, 0.15) is 25.3 Å². The van der Waals surface area contributed by atoms with Gasteiger partial charge in [0.15, 0.2) is 0 Å². The summed E-state index contributed by atoms with van der Waals surface area (Å²) in [6, 6.07) is 17.6. The Hall–Kier alpha value is -2.82. The average Bonchev–Trinajstić information content (AvgIpc) is 3.04. The third kappa shape index (κ3) is 3.54. The van der Waals surface area contributed by atoms with E-state index < -0.39 is 0 Å². The van der Waals surface area contributed by atoms with E-state index in [2.05, 4.69) is 18.3 Å². The van der Waals surface area contributed by atoms with Gasteiger partial charge in [-0.1, -0.05) is 36.4 Å². The zero-order chi connectivity index (χ0) is 18.8. The van der Waals surface area contributed by atoms with Crippen molar-refractivity contribution in [3.05, 3.63) is 60.2 Å². The van der Waals surface area contributed by atoms with E-state index in [0.717, 1.165) is 30.6 Å². The van der Waals surface area contributed by atoms with Crippen molar-refractivity contribution in [3.8, 4) is 0 Å². The molecule has 0 saturated carbocycles. The number of piperidine rings is 1. The SMILES string of the molecule is CC1Cc2ccccc2N1C(=O)C1CCCN(C(=O)Nc2ccccc2)C1. The largest absolute Gasteiger partial charge is 0.324 e. The van der Waals surface area contributed by atoms with Crippen LogP contribution in [-0.4, -0.2) is 36.0 Å². The van der Waals surface area contributed by atoms with Gasteiger partial charge in [0.2, 0.25) is 5.91 Å². The summed E-state index contributed by atoms with van der Waals surface area (Å²) >= 11 is 0. The molecule has 27 heavy (non-hydrogen) atoms. The Morgan fingerprint density at radius 3 is 2.59 bits per heavy atom. The number of nitrogens with one attached hydrogen (secondary N) is 1. The van der Waals surface area contributed by atoms with Crippen molar-refractivity contribution in [2.45, 2.75) is 32.2 Å². The van der Waals surface area contributed by atoms with Crippen LogP contribution in [0.5, 0.6) is 0 Å². The summed E-state index contributed by atoms with van der Waals surface area (Å²) in [6.07, 6.45) is 2.58. The molecule has 0 radical (unpaired) electrons. The van der Waals surface area contributed by atoms with Gasteiger partial charge in [-0.3, -0.25) is 4.79 Å². The predicted molar refractivity (Wildman–Crippen MR) is 107 cm³/mol. The van der Waals surface area contributed by atoms with E-state index in [4.69, 9.17) is 0 Å². The highest BCUT2D eigenvalue weighted by molar-refractivity contribution is 5.98. The molecule has 4 rings (SSSR count). The van der Waals surface area contributed by atoms with Crippen molar-refractivity contribution in [1.82, 2.24) is 4.90 Å². The van der Waals surface area contributed by atoms with Gasteiger partial charge in [0.25, 0.3) is 0 Å². The topological polar surface area (TPSA) is 52.7 Å². The first-order valence-electron chi connectivity index (χ1n) is 9.65. The number of benzene rings is 2. The third-order valence-corrected chi connectivity index (χ3v) is 5.53. The van der Waals surface area contributed by atoms with E-state index in [9.17, 15) is 9.59 Å². The molecular formula is C22H25N3O2. The van der Waals surface area contributed by atoms with Crippen LogP contribution < -0.4 is 10.2 Å². The maximum Gasteiger partial charge on any atom is 0.321 e. The number of amides is 3. The van der Waals surface area contributed by atoms with Crippen LogP contribution in [0.4, 0.5) is 16.2 Å². The van der Waals surface area contributed by atoms with Gasteiger partial charge >= 0.3 is 6.03 Å². The van der Waals surface area contributed by atoms with Gasteiger partial charge < -0.3 is 15.1 Å². The molecular weight excluding hydrogens is 338 g/mol. The molecule has 2 aliphatic rings. The normalized spacial score (nSPS) is 21.7. The molecule has 2 aromatic rings. The molecule has 1 fully saturated rings. The van der Waals surface area contributed by atoms with Crippen LogP contribution in [0.2, 0.25) is 0 Å².